The van der Waals surface area contributed by atoms with Crippen molar-refractivity contribution in [1.82, 2.24) is 15.4 Å². The van der Waals surface area contributed by atoms with Gasteiger partial charge in [-0.1, -0.05) is 37.0 Å². The van der Waals surface area contributed by atoms with Crippen LogP contribution >= 0.6 is 0 Å². The summed E-state index contributed by atoms with van der Waals surface area (Å²) >= 11 is 0. The molecule has 1 aromatic carbocycles. The maximum absolute atomic E-state index is 11.0. The minimum absolute atomic E-state index is 0.00217. The van der Waals surface area contributed by atoms with Gasteiger partial charge in [0.05, 0.1) is 0 Å². The van der Waals surface area contributed by atoms with E-state index in [0.717, 1.165) is 12.0 Å². The average molecular weight is 311 g/mol. The van der Waals surface area contributed by atoms with Crippen molar-refractivity contribution >= 4 is 5.97 Å². The van der Waals surface area contributed by atoms with Crippen molar-refractivity contribution in [3.63, 3.8) is 0 Å². The number of benzene rings is 1. The van der Waals surface area contributed by atoms with Gasteiger partial charge in [0.2, 0.25) is 5.69 Å². The molecule has 1 saturated carbocycles. The number of aromatic nitrogens is 3. The highest BCUT2D eigenvalue weighted by Gasteiger charge is 2.44. The molecule has 6 heteroatoms. The lowest BCUT2D eigenvalue weighted by Crippen LogP contribution is -1.99. The summed E-state index contributed by atoms with van der Waals surface area (Å²) < 4.78 is 5.50. The molecule has 0 saturated heterocycles. The van der Waals surface area contributed by atoms with Gasteiger partial charge in [0.25, 0.3) is 5.88 Å². The number of nitrogens with zero attached hydrogens (tertiary/aromatic N) is 2. The molecule has 1 aromatic heterocycles. The lowest BCUT2D eigenvalue weighted by atomic mass is 10.1. The minimum atomic E-state index is -1.20. The number of aromatic carboxylic acids is 1. The largest absolute Gasteiger partial charge is 0.476 e. The first-order chi connectivity index (χ1) is 11.0. The third-order valence-electron chi connectivity index (χ3n) is 4.07. The molecule has 1 unspecified atom stereocenters. The quantitative estimate of drug-likeness (QED) is 0.847. The van der Waals surface area contributed by atoms with Crippen LogP contribution in [-0.4, -0.2) is 26.5 Å². The zero-order chi connectivity index (χ0) is 16.4. The van der Waals surface area contributed by atoms with Gasteiger partial charge in [-0.2, -0.15) is 0 Å². The van der Waals surface area contributed by atoms with Gasteiger partial charge in [-0.25, -0.2) is 9.89 Å². The summed E-state index contributed by atoms with van der Waals surface area (Å²) in [5.41, 5.74) is 1.00. The number of carboxylic acids is 1. The first-order valence-corrected chi connectivity index (χ1v) is 7.37. The van der Waals surface area contributed by atoms with E-state index in [1.165, 1.54) is 6.42 Å². The van der Waals surface area contributed by atoms with Crippen LogP contribution < -0.4 is 4.74 Å². The van der Waals surface area contributed by atoms with Gasteiger partial charge < -0.3 is 9.84 Å². The third kappa shape index (κ3) is 3.51. The second kappa shape index (κ2) is 5.76. The maximum Gasteiger partial charge on any atom is 0.362 e. The van der Waals surface area contributed by atoms with Gasteiger partial charge in [0.15, 0.2) is 0 Å². The summed E-state index contributed by atoms with van der Waals surface area (Å²) in [6.45, 7) is 4.51. The molecule has 1 atom stereocenters. The van der Waals surface area contributed by atoms with Gasteiger partial charge in [-0.3, -0.25) is 0 Å². The van der Waals surface area contributed by atoms with Gasteiger partial charge in [0, 0.05) is 12.0 Å². The van der Waals surface area contributed by atoms with Crippen molar-refractivity contribution in [1.29, 1.82) is 0 Å². The van der Waals surface area contributed by atoms with E-state index >= 15 is 0 Å². The van der Waals surface area contributed by atoms with Gasteiger partial charge in [0.1, 0.15) is 5.75 Å². The highest BCUT2D eigenvalue weighted by molar-refractivity contribution is 5.87. The summed E-state index contributed by atoms with van der Waals surface area (Å²) in [5, 5.41) is 18.3. The van der Waals surface area contributed by atoms with E-state index in [1.54, 1.807) is 12.1 Å². The second-order valence-corrected chi connectivity index (χ2v) is 6.32. The van der Waals surface area contributed by atoms with Crippen LogP contribution in [-0.2, 0) is 0 Å². The van der Waals surface area contributed by atoms with Crippen LogP contribution in [0.5, 0.6) is 11.6 Å². The predicted octanol–water partition coefficient (Wildman–Crippen LogP) is 3.08. The summed E-state index contributed by atoms with van der Waals surface area (Å²) in [5.74, 6) is 6.30. The third-order valence-corrected chi connectivity index (χ3v) is 4.07. The molecule has 23 heavy (non-hydrogen) atoms. The topological polar surface area (TPSA) is 88.1 Å². The van der Waals surface area contributed by atoms with Crippen molar-refractivity contribution < 1.29 is 14.6 Å². The normalized spacial score (nSPS) is 17.9. The first-order valence-electron chi connectivity index (χ1n) is 7.37. The van der Waals surface area contributed by atoms with Crippen molar-refractivity contribution in [2.75, 3.05) is 0 Å². The molecular formula is C17H17N3O3. The standard InChI is InChI=1S/C17H17N3O3/c1-17(2)10-12(17)7-3-5-11-6-4-8-13(9-11)23-15-14(16(21)22)18-20-19-15/h4,6,8-9,12H,7,10H2,1-2H3,(H,21,22)(H,18,19,20). The van der Waals surface area contributed by atoms with E-state index in [2.05, 4.69) is 41.1 Å². The van der Waals surface area contributed by atoms with Crippen LogP contribution in [0.25, 0.3) is 0 Å². The molecular weight excluding hydrogens is 294 g/mol. The molecule has 6 nitrogen and oxygen atoms in total. The number of hydrogen-bond donors (Lipinski definition) is 2. The maximum atomic E-state index is 11.0. The number of rotatable bonds is 4. The van der Waals surface area contributed by atoms with E-state index in [-0.39, 0.29) is 11.6 Å². The fourth-order valence-electron chi connectivity index (χ4n) is 2.39. The molecule has 1 aliphatic carbocycles. The van der Waals surface area contributed by atoms with Crippen LogP contribution in [0.2, 0.25) is 0 Å². The Balaban J connectivity index is 1.69. The lowest BCUT2D eigenvalue weighted by Gasteiger charge is -2.03. The van der Waals surface area contributed by atoms with Gasteiger partial charge in [-0.15, -0.1) is 5.10 Å². The van der Waals surface area contributed by atoms with Crippen molar-refractivity contribution in [3.05, 3.63) is 35.5 Å². The van der Waals surface area contributed by atoms with E-state index in [4.69, 9.17) is 9.84 Å². The number of ether oxygens (including phenoxy) is 1. The number of carbonyl (C=O) groups is 1. The molecule has 1 heterocycles. The highest BCUT2D eigenvalue weighted by Crippen LogP contribution is 2.53. The van der Waals surface area contributed by atoms with E-state index in [1.807, 2.05) is 12.1 Å². The van der Waals surface area contributed by atoms with Gasteiger partial charge >= 0.3 is 5.97 Å². The Morgan fingerprint density at radius 2 is 2.30 bits per heavy atom. The van der Waals surface area contributed by atoms with Crippen LogP contribution in [0.15, 0.2) is 24.3 Å². The number of hydrogen-bond acceptors (Lipinski definition) is 4. The van der Waals surface area contributed by atoms with Gasteiger partial charge in [-0.05, 0) is 36.0 Å². The molecule has 1 fully saturated rings. The summed E-state index contributed by atoms with van der Waals surface area (Å²) in [6.07, 6.45) is 2.13. The summed E-state index contributed by atoms with van der Waals surface area (Å²) in [7, 11) is 0. The molecule has 0 radical (unpaired) electrons. The van der Waals surface area contributed by atoms with Crippen molar-refractivity contribution in [3.8, 4) is 23.5 Å². The number of H-pyrrole nitrogens is 1. The Bertz CT molecular complexity index is 799. The van der Waals surface area contributed by atoms with Crippen LogP contribution in [0, 0.1) is 23.2 Å². The average Bonchev–Trinajstić information content (AvgIpc) is 2.89. The summed E-state index contributed by atoms with van der Waals surface area (Å²) in [6, 6.07) is 7.19. The van der Waals surface area contributed by atoms with E-state index in [9.17, 15) is 4.79 Å². The number of carboxylic acid groups (broad SMARTS) is 1. The Hall–Kier alpha value is -2.81. The fourth-order valence-corrected chi connectivity index (χ4v) is 2.39. The SMILES string of the molecule is CC1(C)CC1CC#Cc1cccc(Oc2[nH]nnc2C(=O)O)c1. The molecule has 3 rings (SSSR count). The molecule has 2 N–H and O–H groups in total. The van der Waals surface area contributed by atoms with Crippen LogP contribution in [0.3, 0.4) is 0 Å². The zero-order valence-electron chi connectivity index (χ0n) is 13.0. The number of aromatic amines is 1. The molecule has 0 amide bonds. The zero-order valence-corrected chi connectivity index (χ0v) is 13.0. The van der Waals surface area contributed by atoms with Crippen LogP contribution in [0.1, 0.15) is 42.7 Å². The smallest absolute Gasteiger partial charge is 0.362 e. The molecule has 0 bridgehead atoms. The van der Waals surface area contributed by atoms with E-state index in [0.29, 0.717) is 17.1 Å². The highest BCUT2D eigenvalue weighted by atomic mass is 16.5. The van der Waals surface area contributed by atoms with Crippen molar-refractivity contribution in [2.45, 2.75) is 26.7 Å². The predicted molar refractivity (Wildman–Crippen MR) is 83.2 cm³/mol. The Labute approximate surface area is 133 Å². The van der Waals surface area contributed by atoms with Crippen LogP contribution in [0.4, 0.5) is 0 Å². The monoisotopic (exact) mass is 311 g/mol. The molecule has 0 spiro atoms. The van der Waals surface area contributed by atoms with Crippen molar-refractivity contribution in [2.24, 2.45) is 11.3 Å². The Morgan fingerprint density at radius 1 is 1.52 bits per heavy atom. The Morgan fingerprint density at radius 3 is 3.00 bits per heavy atom. The molecule has 1 aliphatic rings. The fraction of sp³-hybridized carbons (Fsp3) is 0.353. The second-order valence-electron chi connectivity index (χ2n) is 6.32. The first kappa shape index (κ1) is 15.1. The number of nitrogens with one attached hydrogen (secondary N) is 1. The summed E-state index contributed by atoms with van der Waals surface area (Å²) in [4.78, 5) is 11.0. The molecule has 0 aliphatic heterocycles. The van der Waals surface area contributed by atoms with E-state index < -0.39 is 5.97 Å². The minimum Gasteiger partial charge on any atom is -0.476 e. The Kier molecular flexibility index (Phi) is 3.78. The lowest BCUT2D eigenvalue weighted by molar-refractivity contribution is 0.0687. The molecule has 2 aromatic rings. The molecule has 118 valence electrons.